The highest BCUT2D eigenvalue weighted by Gasteiger charge is 2.19. The van der Waals surface area contributed by atoms with Crippen LogP contribution in [-0.4, -0.2) is 20.2 Å². The van der Waals surface area contributed by atoms with Gasteiger partial charge in [-0.2, -0.15) is 0 Å². The summed E-state index contributed by atoms with van der Waals surface area (Å²) in [6.45, 7) is 2.13. The maximum atomic E-state index is 12.2. The predicted octanol–water partition coefficient (Wildman–Crippen LogP) is 1.52. The van der Waals surface area contributed by atoms with Crippen molar-refractivity contribution in [2.45, 2.75) is 45.4 Å². The molecule has 126 valence electrons. The van der Waals surface area contributed by atoms with Gasteiger partial charge in [-0.1, -0.05) is 37.8 Å². The molecule has 0 atom stereocenters. The molecule has 0 aromatic carbocycles. The third-order valence-corrected chi connectivity index (χ3v) is 3.84. The van der Waals surface area contributed by atoms with Gasteiger partial charge >= 0.3 is 5.69 Å². The van der Waals surface area contributed by atoms with Gasteiger partial charge in [0.25, 0.3) is 5.56 Å². The summed E-state index contributed by atoms with van der Waals surface area (Å²) in [6.07, 6.45) is 5.56. The molecule has 0 spiro atoms. The van der Waals surface area contributed by atoms with Gasteiger partial charge in [0.05, 0.1) is 0 Å². The third kappa shape index (κ3) is 3.52. The first-order valence-electron chi connectivity index (χ1n) is 7.82. The molecule has 0 saturated carbocycles. The molecule has 23 heavy (non-hydrogen) atoms. The fourth-order valence-electron chi connectivity index (χ4n) is 2.44. The Kier molecular flexibility index (Phi) is 5.36. The van der Waals surface area contributed by atoms with E-state index in [1.807, 2.05) is 0 Å². The molecule has 2 heterocycles. The van der Waals surface area contributed by atoms with Crippen LogP contribution < -0.4 is 16.6 Å². The van der Waals surface area contributed by atoms with E-state index >= 15 is 0 Å². The van der Waals surface area contributed by atoms with E-state index in [9.17, 15) is 14.4 Å². The Morgan fingerprint density at radius 2 is 1.83 bits per heavy atom. The maximum Gasteiger partial charge on any atom is 0.332 e. The van der Waals surface area contributed by atoms with E-state index in [1.54, 1.807) is 0 Å². The number of amides is 1. The highest BCUT2D eigenvalue weighted by Crippen LogP contribution is 2.18. The van der Waals surface area contributed by atoms with Crippen molar-refractivity contribution in [3.63, 3.8) is 0 Å². The van der Waals surface area contributed by atoms with Gasteiger partial charge in [-0.3, -0.25) is 24.0 Å². The molecule has 8 nitrogen and oxygen atoms in total. The van der Waals surface area contributed by atoms with Gasteiger partial charge in [0.1, 0.15) is 5.39 Å². The van der Waals surface area contributed by atoms with Crippen LogP contribution in [0, 0.1) is 0 Å². The first-order valence-corrected chi connectivity index (χ1v) is 7.82. The summed E-state index contributed by atoms with van der Waals surface area (Å²) < 4.78 is 7.21. The van der Waals surface area contributed by atoms with E-state index in [-0.39, 0.29) is 22.8 Å². The minimum Gasteiger partial charge on any atom is -0.335 e. The smallest absolute Gasteiger partial charge is 0.332 e. The predicted molar refractivity (Wildman–Crippen MR) is 86.5 cm³/mol. The molecular weight excluding hydrogens is 300 g/mol. The number of nitrogens with one attached hydrogen (secondary N) is 1. The molecule has 0 radical (unpaired) electrons. The summed E-state index contributed by atoms with van der Waals surface area (Å²) in [7, 11) is 2.86. The van der Waals surface area contributed by atoms with Crippen molar-refractivity contribution < 1.29 is 9.32 Å². The van der Waals surface area contributed by atoms with Gasteiger partial charge in [-0.25, -0.2) is 4.79 Å². The Morgan fingerprint density at radius 1 is 1.13 bits per heavy atom. The van der Waals surface area contributed by atoms with Crippen molar-refractivity contribution in [2.24, 2.45) is 14.1 Å². The van der Waals surface area contributed by atoms with Crippen molar-refractivity contribution in [1.82, 2.24) is 14.3 Å². The monoisotopic (exact) mass is 322 g/mol. The number of aryl methyl sites for hydroxylation is 1. The minimum atomic E-state index is -0.539. The van der Waals surface area contributed by atoms with E-state index in [4.69, 9.17) is 4.52 Å². The Bertz CT molecular complexity index is 815. The van der Waals surface area contributed by atoms with Gasteiger partial charge < -0.3 is 4.52 Å². The lowest BCUT2D eigenvalue weighted by Gasteiger charge is -2.03. The molecule has 0 fully saturated rings. The number of nitrogens with zero attached hydrogens (tertiary/aromatic N) is 3. The average molecular weight is 322 g/mol. The van der Waals surface area contributed by atoms with E-state index in [1.165, 1.54) is 25.1 Å². The Hall–Kier alpha value is -2.38. The highest BCUT2D eigenvalue weighted by atomic mass is 16.5. The summed E-state index contributed by atoms with van der Waals surface area (Å²) in [5, 5.41) is 6.39. The van der Waals surface area contributed by atoms with Crippen LogP contribution in [0.15, 0.2) is 14.1 Å². The number of hydrogen-bond donors (Lipinski definition) is 1. The molecule has 2 aromatic heterocycles. The van der Waals surface area contributed by atoms with Gasteiger partial charge in [-0.15, -0.1) is 0 Å². The molecule has 0 aliphatic carbocycles. The molecule has 0 saturated heterocycles. The Morgan fingerprint density at radius 3 is 2.52 bits per heavy atom. The van der Waals surface area contributed by atoms with Crippen molar-refractivity contribution in [3.05, 3.63) is 20.8 Å². The molecule has 0 unspecified atom stereocenters. The van der Waals surface area contributed by atoms with E-state index in [0.29, 0.717) is 6.42 Å². The summed E-state index contributed by atoms with van der Waals surface area (Å²) in [4.78, 5) is 36.0. The zero-order chi connectivity index (χ0) is 17.0. The number of hydrogen-bond acceptors (Lipinski definition) is 5. The first-order chi connectivity index (χ1) is 11.0. The maximum absolute atomic E-state index is 12.2. The topological polar surface area (TPSA) is 99.1 Å². The second kappa shape index (κ2) is 7.26. The lowest BCUT2D eigenvalue weighted by Crippen LogP contribution is -2.37. The SMILES string of the molecule is CCCCCCCC(=O)Nc1onc2c1c(=O)n(C)c(=O)n2C. The van der Waals surface area contributed by atoms with Gasteiger partial charge in [-0.05, 0) is 6.42 Å². The summed E-state index contributed by atoms with van der Waals surface area (Å²) >= 11 is 0. The highest BCUT2D eigenvalue weighted by molar-refractivity contribution is 5.97. The second-order valence-corrected chi connectivity index (χ2v) is 5.63. The van der Waals surface area contributed by atoms with Crippen molar-refractivity contribution in [1.29, 1.82) is 0 Å². The van der Waals surface area contributed by atoms with Crippen LogP contribution in [0.3, 0.4) is 0 Å². The average Bonchev–Trinajstić information content (AvgIpc) is 2.94. The van der Waals surface area contributed by atoms with Crippen molar-refractivity contribution >= 4 is 22.8 Å². The normalized spacial score (nSPS) is 11.1. The molecule has 1 amide bonds. The molecule has 0 bridgehead atoms. The number of rotatable bonds is 7. The van der Waals surface area contributed by atoms with Gasteiger partial charge in [0, 0.05) is 20.5 Å². The molecule has 2 aromatic rings. The van der Waals surface area contributed by atoms with E-state index < -0.39 is 11.2 Å². The van der Waals surface area contributed by atoms with Crippen LogP contribution in [0.5, 0.6) is 0 Å². The lowest BCUT2D eigenvalue weighted by atomic mass is 10.1. The number of aromatic nitrogens is 3. The van der Waals surface area contributed by atoms with Crippen molar-refractivity contribution in [3.8, 4) is 0 Å². The number of carbonyl (C=O) groups is 1. The molecule has 0 aliphatic rings. The summed E-state index contributed by atoms with van der Waals surface area (Å²) in [5.74, 6) is -0.231. The zero-order valence-electron chi connectivity index (χ0n) is 13.7. The Labute approximate surface area is 133 Å². The van der Waals surface area contributed by atoms with Crippen LogP contribution in [-0.2, 0) is 18.9 Å². The summed E-state index contributed by atoms with van der Waals surface area (Å²) in [6, 6.07) is 0. The van der Waals surface area contributed by atoms with E-state index in [2.05, 4.69) is 17.4 Å². The molecule has 0 aliphatic heterocycles. The minimum absolute atomic E-state index is 0.00485. The molecular formula is C15H22N4O4. The largest absolute Gasteiger partial charge is 0.335 e. The van der Waals surface area contributed by atoms with Crippen LogP contribution in [0.1, 0.15) is 45.4 Å². The van der Waals surface area contributed by atoms with Crippen LogP contribution in [0.4, 0.5) is 5.88 Å². The van der Waals surface area contributed by atoms with Gasteiger partial charge in [0.15, 0.2) is 5.65 Å². The fraction of sp³-hybridized carbons (Fsp3) is 0.600. The number of fused-ring (bicyclic) bond motifs is 1. The lowest BCUT2D eigenvalue weighted by molar-refractivity contribution is -0.116. The van der Waals surface area contributed by atoms with Crippen LogP contribution >= 0.6 is 0 Å². The zero-order valence-corrected chi connectivity index (χ0v) is 13.7. The fourth-order valence-corrected chi connectivity index (χ4v) is 2.44. The summed E-state index contributed by atoms with van der Waals surface area (Å²) in [5.41, 5.74) is -0.913. The quantitative estimate of drug-likeness (QED) is 0.779. The Balaban J connectivity index is 2.14. The molecule has 2 rings (SSSR count). The van der Waals surface area contributed by atoms with Crippen LogP contribution in [0.25, 0.3) is 11.0 Å². The third-order valence-electron chi connectivity index (χ3n) is 3.84. The van der Waals surface area contributed by atoms with Gasteiger partial charge in [0.2, 0.25) is 11.8 Å². The molecule has 8 heteroatoms. The number of anilines is 1. The standard InChI is InChI=1S/C15H22N4O4/c1-4-5-6-7-8-9-10(20)16-13-11-12(17-23-13)18(2)15(22)19(3)14(11)21/h4-9H2,1-3H3,(H,16,20). The van der Waals surface area contributed by atoms with Crippen LogP contribution in [0.2, 0.25) is 0 Å². The second-order valence-electron chi connectivity index (χ2n) is 5.63. The van der Waals surface area contributed by atoms with Crippen molar-refractivity contribution in [2.75, 3.05) is 5.32 Å². The number of carbonyl (C=O) groups excluding carboxylic acids is 1. The first kappa shape index (κ1) is 17.0. The van der Waals surface area contributed by atoms with E-state index in [0.717, 1.165) is 30.3 Å². The number of unbranched alkanes of at least 4 members (excludes halogenated alkanes) is 4. The molecule has 1 N–H and O–H groups in total.